The van der Waals surface area contributed by atoms with Crippen molar-refractivity contribution in [1.82, 2.24) is 10.2 Å². The Morgan fingerprint density at radius 3 is 2.40 bits per heavy atom. The summed E-state index contributed by atoms with van der Waals surface area (Å²) in [6, 6.07) is 20.8. The zero-order chi connectivity index (χ0) is 38.9. The van der Waals surface area contributed by atoms with E-state index in [2.05, 4.69) is 21.2 Å². The molecule has 3 aromatic carbocycles. The standard InChI is InChI=1S/C42H43BrClN3O8/c1-25-13-12-18-30(44)35(25)46-20-11-5-10-19-32(49)45-31(24-53-2)36(27-16-8-4-9-17-27)54-41(52)33-34-39(50)47(28(23-48)21-26-14-6-3-7-15-26)38(40(46)51)42(34)22-29(43)37(33)55-42/h3-9,11-18,22,28,31,33-34,36-38,48H,10,19-21,23-24H2,1-2H3,(H,45,49)/b11-5-/t28-,31+,33-,34+,36+,37-,38-,42+/m1/s1. The minimum Gasteiger partial charge on any atom is -0.455 e. The molecule has 0 aromatic heterocycles. The molecule has 5 bridgehead atoms. The van der Waals surface area contributed by atoms with Crippen LogP contribution in [-0.2, 0) is 39.8 Å². The topological polar surface area (TPSA) is 135 Å². The molecule has 0 unspecified atom stereocenters. The highest BCUT2D eigenvalue weighted by Gasteiger charge is 2.75. The summed E-state index contributed by atoms with van der Waals surface area (Å²) in [4.78, 5) is 61.7. The number of carbonyl (C=O) groups is 4. The van der Waals surface area contributed by atoms with Crippen molar-refractivity contribution in [1.29, 1.82) is 0 Å². The lowest BCUT2D eigenvalue weighted by molar-refractivity contribution is -0.162. The number of cyclic esters (lactones) is 1. The molecule has 2 saturated heterocycles. The Hall–Kier alpha value is -4.33. The quantitative estimate of drug-likeness (QED) is 0.233. The average molecular weight is 833 g/mol. The number of amides is 3. The van der Waals surface area contributed by atoms with Crippen LogP contribution in [0.2, 0.25) is 5.02 Å². The molecule has 3 amide bonds. The molecular formula is C42H43BrClN3O8. The molecule has 8 atom stereocenters. The fourth-order valence-electron chi connectivity index (χ4n) is 8.54. The Labute approximate surface area is 333 Å². The normalized spacial score (nSPS) is 29.4. The molecule has 0 radical (unpaired) electrons. The Balaban J connectivity index is 1.39. The van der Waals surface area contributed by atoms with Gasteiger partial charge in [0, 0.05) is 24.6 Å². The second-order valence-electron chi connectivity index (χ2n) is 14.4. The Bertz CT molecular complexity index is 1980. The highest BCUT2D eigenvalue weighted by molar-refractivity contribution is 9.11. The van der Waals surface area contributed by atoms with Crippen LogP contribution >= 0.6 is 27.5 Å². The zero-order valence-corrected chi connectivity index (χ0v) is 32.8. The van der Waals surface area contributed by atoms with Gasteiger partial charge in [0.2, 0.25) is 11.8 Å². The molecule has 4 aliphatic heterocycles. The number of fused-ring (bicyclic) bond motifs is 2. The number of methoxy groups -OCH3 is 1. The molecule has 288 valence electrons. The van der Waals surface area contributed by atoms with Gasteiger partial charge in [0.15, 0.2) is 0 Å². The first-order valence-corrected chi connectivity index (χ1v) is 19.5. The molecule has 2 N–H and O–H groups in total. The number of nitrogens with one attached hydrogen (secondary N) is 1. The van der Waals surface area contributed by atoms with E-state index in [1.165, 1.54) is 16.9 Å². The Kier molecular flexibility index (Phi) is 11.6. The highest BCUT2D eigenvalue weighted by atomic mass is 79.9. The van der Waals surface area contributed by atoms with Crippen molar-refractivity contribution in [3.8, 4) is 0 Å². The number of benzene rings is 3. The van der Waals surface area contributed by atoms with Crippen molar-refractivity contribution in [2.45, 2.75) is 62.1 Å². The summed E-state index contributed by atoms with van der Waals surface area (Å²) in [5.74, 6) is -4.40. The number of nitrogens with zero attached hydrogens (tertiary/aromatic N) is 2. The molecule has 0 saturated carbocycles. The van der Waals surface area contributed by atoms with Crippen molar-refractivity contribution in [2.75, 3.05) is 31.8 Å². The predicted molar refractivity (Wildman–Crippen MR) is 209 cm³/mol. The second-order valence-corrected chi connectivity index (χ2v) is 15.7. The monoisotopic (exact) mass is 831 g/mol. The maximum absolute atomic E-state index is 15.5. The van der Waals surface area contributed by atoms with Gasteiger partial charge in [0.05, 0.1) is 41.9 Å². The van der Waals surface area contributed by atoms with E-state index < -0.39 is 72.2 Å². The third-order valence-corrected chi connectivity index (χ3v) is 11.9. The van der Waals surface area contributed by atoms with Gasteiger partial charge in [0.25, 0.3) is 5.91 Å². The minimum absolute atomic E-state index is 0.0308. The maximum atomic E-state index is 15.5. The number of esters is 1. The van der Waals surface area contributed by atoms with Crippen LogP contribution in [0.4, 0.5) is 5.69 Å². The van der Waals surface area contributed by atoms with E-state index in [0.29, 0.717) is 27.2 Å². The number of aliphatic hydroxyl groups excluding tert-OH is 1. The van der Waals surface area contributed by atoms with Crippen molar-refractivity contribution >= 4 is 56.9 Å². The van der Waals surface area contributed by atoms with Crippen LogP contribution in [0, 0.1) is 18.8 Å². The first kappa shape index (κ1) is 38.9. The van der Waals surface area contributed by atoms with Gasteiger partial charge in [-0.05, 0) is 48.6 Å². The lowest BCUT2D eigenvalue weighted by Gasteiger charge is -2.39. The van der Waals surface area contributed by atoms with Gasteiger partial charge in [-0.25, -0.2) is 0 Å². The van der Waals surface area contributed by atoms with Gasteiger partial charge in [-0.2, -0.15) is 0 Å². The van der Waals surface area contributed by atoms with E-state index in [1.54, 1.807) is 48.6 Å². The predicted octanol–water partition coefficient (Wildman–Crippen LogP) is 5.22. The van der Waals surface area contributed by atoms with E-state index in [0.717, 1.165) is 11.1 Å². The van der Waals surface area contributed by atoms with E-state index in [1.807, 2.05) is 55.5 Å². The van der Waals surface area contributed by atoms with Gasteiger partial charge < -0.3 is 34.4 Å². The molecule has 13 heteroatoms. The Morgan fingerprint density at radius 2 is 1.71 bits per heavy atom. The summed E-state index contributed by atoms with van der Waals surface area (Å²) < 4.78 is 19.1. The summed E-state index contributed by atoms with van der Waals surface area (Å²) >= 11 is 10.5. The van der Waals surface area contributed by atoms with Crippen LogP contribution in [0.25, 0.3) is 0 Å². The smallest absolute Gasteiger partial charge is 0.313 e. The summed E-state index contributed by atoms with van der Waals surface area (Å²) in [6.45, 7) is 1.46. The van der Waals surface area contributed by atoms with E-state index >= 15 is 9.59 Å². The number of hydrogen-bond donors (Lipinski definition) is 2. The number of para-hydroxylation sites is 1. The molecule has 4 aliphatic rings. The van der Waals surface area contributed by atoms with Crippen LogP contribution in [0.1, 0.15) is 35.6 Å². The number of aliphatic hydroxyl groups is 1. The minimum atomic E-state index is -1.61. The van der Waals surface area contributed by atoms with Crippen molar-refractivity contribution in [2.24, 2.45) is 11.8 Å². The zero-order valence-electron chi connectivity index (χ0n) is 30.5. The largest absolute Gasteiger partial charge is 0.455 e. The molecule has 4 heterocycles. The van der Waals surface area contributed by atoms with Crippen LogP contribution in [0.15, 0.2) is 102 Å². The lowest BCUT2D eigenvalue weighted by atomic mass is 9.74. The van der Waals surface area contributed by atoms with Crippen molar-refractivity contribution in [3.05, 3.63) is 123 Å². The summed E-state index contributed by atoms with van der Waals surface area (Å²) in [5, 5.41) is 14.3. The first-order chi connectivity index (χ1) is 26.6. The molecule has 7 rings (SSSR count). The number of carbonyl (C=O) groups excluding carboxylic acids is 4. The highest BCUT2D eigenvalue weighted by Crippen LogP contribution is 2.59. The Morgan fingerprint density at radius 1 is 0.982 bits per heavy atom. The first-order valence-electron chi connectivity index (χ1n) is 18.4. The van der Waals surface area contributed by atoms with Crippen LogP contribution in [0.5, 0.6) is 0 Å². The van der Waals surface area contributed by atoms with Crippen molar-refractivity contribution < 1.29 is 38.5 Å². The van der Waals surface area contributed by atoms with Gasteiger partial charge in [-0.15, -0.1) is 0 Å². The second kappa shape index (κ2) is 16.4. The van der Waals surface area contributed by atoms with Crippen LogP contribution in [0.3, 0.4) is 0 Å². The number of halogens is 2. The molecule has 0 aliphatic carbocycles. The molecule has 3 aromatic rings. The summed E-state index contributed by atoms with van der Waals surface area (Å²) in [5.41, 5.74) is 1.02. The SMILES string of the molecule is COC[C@@H]1NC(=O)CC/C=C\CN(c2c(C)cccc2Cl)C(=O)[C@H]2N([C@@H](CO)Cc3ccccc3)C(=O)[C@@H]3[C@@H](C(=O)O[C@H]1c1ccccc1)[C@@H]1O[C@@]32C=C1Br. The molecule has 2 fully saturated rings. The van der Waals surface area contributed by atoms with Crippen molar-refractivity contribution in [3.63, 3.8) is 0 Å². The summed E-state index contributed by atoms with van der Waals surface area (Å²) in [6.07, 6.45) is 4.11. The van der Waals surface area contributed by atoms with Crippen LogP contribution in [-0.4, -0.2) is 90.4 Å². The van der Waals surface area contributed by atoms with Gasteiger partial charge in [0.1, 0.15) is 29.8 Å². The van der Waals surface area contributed by atoms with E-state index in [9.17, 15) is 14.7 Å². The summed E-state index contributed by atoms with van der Waals surface area (Å²) in [7, 11) is 1.50. The fourth-order valence-corrected chi connectivity index (χ4v) is 9.60. The third kappa shape index (κ3) is 7.26. The van der Waals surface area contributed by atoms with E-state index in [4.69, 9.17) is 25.8 Å². The number of anilines is 1. The number of ether oxygens (including phenoxy) is 3. The number of rotatable bonds is 8. The molecular weight excluding hydrogens is 790 g/mol. The van der Waals surface area contributed by atoms with Gasteiger partial charge in [-0.1, -0.05) is 112 Å². The maximum Gasteiger partial charge on any atom is 0.313 e. The number of hydrogen-bond acceptors (Lipinski definition) is 8. The lowest BCUT2D eigenvalue weighted by Crippen LogP contribution is -2.59. The number of aryl methyl sites for hydroxylation is 1. The fraction of sp³-hybridized carbons (Fsp3) is 0.381. The number of allylic oxidation sites excluding steroid dienone is 1. The third-order valence-electron chi connectivity index (χ3n) is 10.9. The van der Waals surface area contributed by atoms with Gasteiger partial charge in [-0.3, -0.25) is 19.2 Å². The van der Waals surface area contributed by atoms with E-state index in [-0.39, 0.29) is 31.9 Å². The van der Waals surface area contributed by atoms with Gasteiger partial charge >= 0.3 is 5.97 Å². The average Bonchev–Trinajstić information content (AvgIpc) is 3.78. The molecule has 11 nitrogen and oxygen atoms in total. The van der Waals surface area contributed by atoms with Crippen LogP contribution < -0.4 is 10.2 Å². The molecule has 1 spiro atoms. The number of likely N-dealkylation sites (tertiary alicyclic amines) is 1. The molecule has 55 heavy (non-hydrogen) atoms.